The van der Waals surface area contributed by atoms with E-state index in [1.165, 1.54) is 35.2 Å². The predicted octanol–water partition coefficient (Wildman–Crippen LogP) is 4.29. The molecule has 168 valence electrons. The number of carbonyl (C=O) groups is 1. The van der Waals surface area contributed by atoms with Gasteiger partial charge in [0.15, 0.2) is 0 Å². The first-order chi connectivity index (χ1) is 14.8. The minimum atomic E-state index is -5.08. The molecule has 8 heteroatoms. The van der Waals surface area contributed by atoms with Gasteiger partial charge >= 0.3 is 12.1 Å². The van der Waals surface area contributed by atoms with Gasteiger partial charge in [-0.3, -0.25) is 4.98 Å². The third kappa shape index (κ3) is 6.27. The number of rotatable bonds is 3. The second-order valence-corrected chi connectivity index (χ2v) is 8.01. The number of nitrogens with zero attached hydrogens (tertiary/aromatic N) is 1. The van der Waals surface area contributed by atoms with Crippen molar-refractivity contribution in [1.82, 2.24) is 10.3 Å². The maximum atomic E-state index is 10.6. The number of hydrogen-bond acceptors (Lipinski definition) is 4. The van der Waals surface area contributed by atoms with Gasteiger partial charge < -0.3 is 15.5 Å². The number of alkyl halides is 3. The van der Waals surface area contributed by atoms with E-state index in [0.29, 0.717) is 5.92 Å². The number of carboxylic acid groups (broad SMARTS) is 1. The Morgan fingerprint density at radius 2 is 1.77 bits per heavy atom. The lowest BCUT2D eigenvalue weighted by Crippen LogP contribution is -2.33. The number of halogens is 3. The molecule has 1 aliphatic heterocycles. The van der Waals surface area contributed by atoms with Crippen LogP contribution in [-0.2, 0) is 17.6 Å². The summed E-state index contributed by atoms with van der Waals surface area (Å²) in [6, 6.07) is 10.7. The van der Waals surface area contributed by atoms with Crippen LogP contribution in [0, 0.1) is 5.92 Å². The number of carboxylic acids is 1. The van der Waals surface area contributed by atoms with E-state index in [9.17, 15) is 18.3 Å². The minimum Gasteiger partial charge on any atom is -0.475 e. The smallest absolute Gasteiger partial charge is 0.475 e. The van der Waals surface area contributed by atoms with Gasteiger partial charge in [0.1, 0.15) is 0 Å². The highest BCUT2D eigenvalue weighted by atomic mass is 19.4. The number of aromatic nitrogens is 1. The Balaban J connectivity index is 0.000000339. The van der Waals surface area contributed by atoms with Gasteiger partial charge in [-0.2, -0.15) is 13.2 Å². The first kappa shape index (κ1) is 23.2. The van der Waals surface area contributed by atoms with Crippen LogP contribution in [0.4, 0.5) is 13.2 Å². The molecule has 31 heavy (non-hydrogen) atoms. The topological polar surface area (TPSA) is 82.5 Å². The van der Waals surface area contributed by atoms with E-state index in [0.717, 1.165) is 44.3 Å². The van der Waals surface area contributed by atoms with Gasteiger partial charge in [0.2, 0.25) is 0 Å². The van der Waals surface area contributed by atoms with Crippen molar-refractivity contribution in [2.45, 2.75) is 50.8 Å². The van der Waals surface area contributed by atoms with Gasteiger partial charge in [0.25, 0.3) is 0 Å². The fourth-order valence-electron chi connectivity index (χ4n) is 4.04. The molecular formula is C23H27F3N2O3. The zero-order valence-corrected chi connectivity index (χ0v) is 17.2. The number of benzene rings is 1. The summed E-state index contributed by atoms with van der Waals surface area (Å²) in [5.74, 6) is -2.43. The third-order valence-corrected chi connectivity index (χ3v) is 5.78. The summed E-state index contributed by atoms with van der Waals surface area (Å²) in [5, 5.41) is 21.1. The molecule has 3 N–H and O–H groups in total. The molecular weight excluding hydrogens is 409 g/mol. The fourth-order valence-corrected chi connectivity index (χ4v) is 4.04. The summed E-state index contributed by atoms with van der Waals surface area (Å²) in [6.45, 7) is 1.99. The monoisotopic (exact) mass is 436 g/mol. The van der Waals surface area contributed by atoms with Crippen LogP contribution >= 0.6 is 0 Å². The first-order valence-corrected chi connectivity index (χ1v) is 10.5. The Bertz CT molecular complexity index is 879. The van der Waals surface area contributed by atoms with Gasteiger partial charge in [-0.1, -0.05) is 24.3 Å². The molecule has 0 saturated carbocycles. The molecule has 2 heterocycles. The number of nitrogens with one attached hydrogen (secondary N) is 1. The molecule has 4 rings (SSSR count). The molecule has 1 aliphatic carbocycles. The molecule has 0 spiro atoms. The summed E-state index contributed by atoms with van der Waals surface area (Å²) in [5.41, 5.74) is 6.10. The van der Waals surface area contributed by atoms with Crippen LogP contribution in [0.3, 0.4) is 0 Å². The molecule has 2 atom stereocenters. The first-order valence-electron chi connectivity index (χ1n) is 10.5. The van der Waals surface area contributed by atoms with Crippen LogP contribution in [0.2, 0.25) is 0 Å². The number of aliphatic carboxylic acids is 1. The largest absolute Gasteiger partial charge is 0.490 e. The maximum absolute atomic E-state index is 10.6. The van der Waals surface area contributed by atoms with Gasteiger partial charge in [-0.05, 0) is 67.8 Å². The second-order valence-electron chi connectivity index (χ2n) is 8.01. The Morgan fingerprint density at radius 1 is 1.10 bits per heavy atom. The second kappa shape index (κ2) is 10.2. The molecule has 1 fully saturated rings. The van der Waals surface area contributed by atoms with E-state index >= 15 is 0 Å². The summed E-state index contributed by atoms with van der Waals surface area (Å²) < 4.78 is 31.7. The highest BCUT2D eigenvalue weighted by Crippen LogP contribution is 2.30. The highest BCUT2D eigenvalue weighted by molar-refractivity contribution is 5.73. The summed E-state index contributed by atoms with van der Waals surface area (Å²) >= 11 is 0. The van der Waals surface area contributed by atoms with Crippen molar-refractivity contribution in [3.8, 4) is 11.1 Å². The van der Waals surface area contributed by atoms with Crippen LogP contribution in [0.15, 0.2) is 36.5 Å². The Hall–Kier alpha value is -2.45. The number of fused-ring (bicyclic) bond motifs is 1. The van der Waals surface area contributed by atoms with Crippen LogP contribution in [-0.4, -0.2) is 40.4 Å². The maximum Gasteiger partial charge on any atom is 0.490 e. The number of aliphatic hydroxyl groups excluding tert-OH is 1. The third-order valence-electron chi connectivity index (χ3n) is 5.78. The van der Waals surface area contributed by atoms with Crippen molar-refractivity contribution >= 4 is 5.97 Å². The van der Waals surface area contributed by atoms with Crippen molar-refractivity contribution in [2.75, 3.05) is 13.1 Å². The SMILES string of the molecule is O=C(O)C(F)(F)F.OC(c1ccc(-c2cnc3c(c2)CCCC3)cc1)C1CCCNC1. The highest BCUT2D eigenvalue weighted by Gasteiger charge is 2.38. The summed E-state index contributed by atoms with van der Waals surface area (Å²) in [6.07, 6.45) is 3.62. The van der Waals surface area contributed by atoms with Crippen LogP contribution < -0.4 is 5.32 Å². The molecule has 2 aliphatic rings. The molecule has 0 bridgehead atoms. The molecule has 0 radical (unpaired) electrons. The average molecular weight is 436 g/mol. The van der Waals surface area contributed by atoms with E-state index in [-0.39, 0.29) is 6.10 Å². The number of aliphatic hydroxyl groups is 1. The zero-order chi connectivity index (χ0) is 22.4. The Labute approximate surface area is 179 Å². The van der Waals surface area contributed by atoms with Crippen molar-refractivity contribution in [2.24, 2.45) is 5.92 Å². The Kier molecular flexibility index (Phi) is 7.67. The van der Waals surface area contributed by atoms with Gasteiger partial charge in [-0.25, -0.2) is 4.79 Å². The van der Waals surface area contributed by atoms with E-state index < -0.39 is 12.1 Å². The fraction of sp³-hybridized carbons (Fsp3) is 0.478. The average Bonchev–Trinajstić information content (AvgIpc) is 2.79. The number of piperidine rings is 1. The lowest BCUT2D eigenvalue weighted by Gasteiger charge is -2.27. The molecule has 2 unspecified atom stereocenters. The zero-order valence-electron chi connectivity index (χ0n) is 17.2. The van der Waals surface area contributed by atoms with Gasteiger partial charge in [0.05, 0.1) is 6.10 Å². The van der Waals surface area contributed by atoms with Crippen molar-refractivity contribution in [1.29, 1.82) is 0 Å². The normalized spacial score (nSPS) is 19.5. The lowest BCUT2D eigenvalue weighted by molar-refractivity contribution is -0.192. The summed E-state index contributed by atoms with van der Waals surface area (Å²) in [4.78, 5) is 13.6. The Morgan fingerprint density at radius 3 is 2.39 bits per heavy atom. The number of aryl methyl sites for hydroxylation is 2. The lowest BCUT2D eigenvalue weighted by atomic mass is 9.88. The molecule has 5 nitrogen and oxygen atoms in total. The van der Waals surface area contributed by atoms with Crippen molar-refractivity contribution < 1.29 is 28.2 Å². The van der Waals surface area contributed by atoms with Gasteiger partial charge in [0, 0.05) is 29.9 Å². The molecule has 1 saturated heterocycles. The molecule has 1 aromatic carbocycles. The quantitative estimate of drug-likeness (QED) is 0.669. The van der Waals surface area contributed by atoms with E-state index in [2.05, 4.69) is 40.6 Å². The number of pyridine rings is 1. The molecule has 2 aromatic rings. The van der Waals surface area contributed by atoms with Crippen LogP contribution in [0.1, 0.15) is 48.6 Å². The van der Waals surface area contributed by atoms with E-state index in [4.69, 9.17) is 9.90 Å². The standard InChI is InChI=1S/C21H26N2O.C2HF3O2/c24-21(18-5-3-11-22-13-18)16-9-7-15(8-10-16)19-12-17-4-1-2-6-20(17)23-14-19;3-2(4,5)1(6)7/h7-10,12,14,18,21-22,24H,1-6,11,13H2;(H,6,7). The molecule has 0 amide bonds. The van der Waals surface area contributed by atoms with Gasteiger partial charge in [-0.15, -0.1) is 0 Å². The molecule has 1 aromatic heterocycles. The predicted molar refractivity (Wildman–Crippen MR) is 111 cm³/mol. The van der Waals surface area contributed by atoms with Crippen molar-refractivity contribution in [3.05, 3.63) is 53.3 Å². The van der Waals surface area contributed by atoms with Crippen LogP contribution in [0.5, 0.6) is 0 Å². The minimum absolute atomic E-state index is 0.329. The van der Waals surface area contributed by atoms with Crippen LogP contribution in [0.25, 0.3) is 11.1 Å². The summed E-state index contributed by atoms with van der Waals surface area (Å²) in [7, 11) is 0. The van der Waals surface area contributed by atoms with E-state index in [1.807, 2.05) is 6.20 Å². The van der Waals surface area contributed by atoms with Crippen molar-refractivity contribution in [3.63, 3.8) is 0 Å². The number of hydrogen-bond donors (Lipinski definition) is 3. The van der Waals surface area contributed by atoms with E-state index in [1.54, 1.807) is 0 Å².